The van der Waals surface area contributed by atoms with E-state index in [2.05, 4.69) is 59.7 Å². The summed E-state index contributed by atoms with van der Waals surface area (Å²) in [6.45, 7) is 7.49. The van der Waals surface area contributed by atoms with Crippen LogP contribution in [0.25, 0.3) is 11.4 Å². The van der Waals surface area contributed by atoms with Crippen LogP contribution in [0.2, 0.25) is 0 Å². The van der Waals surface area contributed by atoms with Crippen molar-refractivity contribution in [1.29, 1.82) is 0 Å². The number of carbonyl (C=O) groups excluding carboxylic acids is 3. The van der Waals surface area contributed by atoms with Gasteiger partial charge in [0.2, 0.25) is 11.8 Å². The standard InChI is InChI=1S/C43H54N12O5/c1-50-41(49-55(43(50)60)34-14-15-36(56)48-42(34)59)30-8-12-32(13-9-30)53-24-27(25-53)23-51-20-16-29(17-21-51)28-6-10-31(11-7-28)46-40-38(39(44)58)45-22-35(47-40)52-18-2-4-33(26-52)54-19-3-5-37(54)57/h6-13,22,27,29,33-34,42,59H,2-5,14-21,23-26H2,1H3,(H2,44,58)(H,46,47)(H,48,56)/t33-,34?,42?/m0/s1. The molecule has 4 aromatic rings. The number of benzene rings is 2. The zero-order valence-electron chi connectivity index (χ0n) is 34.1. The second kappa shape index (κ2) is 16.7. The van der Waals surface area contributed by atoms with Crippen molar-refractivity contribution in [2.45, 2.75) is 75.6 Å². The van der Waals surface area contributed by atoms with Crippen LogP contribution in [0.15, 0.2) is 59.5 Å². The molecule has 0 saturated carbocycles. The Labute approximate surface area is 348 Å². The van der Waals surface area contributed by atoms with Gasteiger partial charge in [0, 0.05) is 88.1 Å². The number of anilines is 4. The maximum absolute atomic E-state index is 13.0. The molecule has 316 valence electrons. The minimum absolute atomic E-state index is 0.0939. The first-order valence-corrected chi connectivity index (χ1v) is 21.4. The molecule has 0 radical (unpaired) electrons. The third-order valence-electron chi connectivity index (χ3n) is 13.1. The topological polar surface area (TPSA) is 200 Å². The van der Waals surface area contributed by atoms with E-state index in [0.29, 0.717) is 48.7 Å². The molecule has 17 nitrogen and oxygen atoms in total. The first kappa shape index (κ1) is 39.6. The van der Waals surface area contributed by atoms with Crippen molar-refractivity contribution < 1.29 is 19.5 Å². The summed E-state index contributed by atoms with van der Waals surface area (Å²) in [7, 11) is 1.67. The number of carbonyl (C=O) groups is 3. The Hall–Kier alpha value is -5.81. The van der Waals surface area contributed by atoms with Crippen LogP contribution in [0.3, 0.4) is 0 Å². The quantitative estimate of drug-likeness (QED) is 0.173. The first-order chi connectivity index (χ1) is 29.1. The number of hydrogen-bond acceptors (Lipinski definition) is 12. The van der Waals surface area contributed by atoms with E-state index < -0.39 is 18.2 Å². The molecule has 0 bridgehead atoms. The second-order valence-corrected chi connectivity index (χ2v) is 17.1. The molecule has 5 N–H and O–H groups in total. The highest BCUT2D eigenvalue weighted by Gasteiger charge is 2.34. The van der Waals surface area contributed by atoms with E-state index in [9.17, 15) is 24.3 Å². The fraction of sp³-hybridized carbons (Fsp3) is 0.512. The van der Waals surface area contributed by atoms with Crippen LogP contribution in [0, 0.1) is 5.92 Å². The molecule has 60 heavy (non-hydrogen) atoms. The van der Waals surface area contributed by atoms with E-state index in [4.69, 9.17) is 10.7 Å². The molecule has 2 aromatic carbocycles. The van der Waals surface area contributed by atoms with E-state index in [0.717, 1.165) is 94.9 Å². The monoisotopic (exact) mass is 818 g/mol. The Morgan fingerprint density at radius 3 is 2.37 bits per heavy atom. The minimum Gasteiger partial charge on any atom is -0.371 e. The molecule has 2 unspecified atom stereocenters. The number of hydrogen-bond donors (Lipinski definition) is 4. The highest BCUT2D eigenvalue weighted by atomic mass is 16.3. The van der Waals surface area contributed by atoms with E-state index in [1.165, 1.54) is 14.8 Å². The van der Waals surface area contributed by atoms with Crippen molar-refractivity contribution in [1.82, 2.24) is 39.4 Å². The lowest BCUT2D eigenvalue weighted by Crippen LogP contribution is -2.52. The largest absolute Gasteiger partial charge is 0.371 e. The molecule has 3 atom stereocenters. The molecule has 9 rings (SSSR count). The molecule has 5 aliphatic rings. The maximum Gasteiger partial charge on any atom is 0.346 e. The summed E-state index contributed by atoms with van der Waals surface area (Å²) < 4.78 is 2.77. The molecular formula is C43H54N12O5. The number of likely N-dealkylation sites (tertiary alicyclic amines) is 2. The smallest absolute Gasteiger partial charge is 0.346 e. The van der Waals surface area contributed by atoms with Crippen molar-refractivity contribution in [3.05, 3.63) is 76.5 Å². The van der Waals surface area contributed by atoms with Gasteiger partial charge in [-0.1, -0.05) is 12.1 Å². The van der Waals surface area contributed by atoms with Gasteiger partial charge < -0.3 is 41.1 Å². The molecule has 0 spiro atoms. The zero-order valence-corrected chi connectivity index (χ0v) is 34.1. The van der Waals surface area contributed by atoms with Gasteiger partial charge in [0.15, 0.2) is 17.3 Å². The predicted molar refractivity (Wildman–Crippen MR) is 226 cm³/mol. The number of piperidine rings is 3. The number of aromatic nitrogens is 5. The summed E-state index contributed by atoms with van der Waals surface area (Å²) >= 11 is 0. The number of rotatable bonds is 11. The number of nitrogens with two attached hydrogens (primary N) is 1. The fourth-order valence-corrected chi connectivity index (χ4v) is 9.73. The number of nitrogens with zero attached hydrogens (tertiary/aromatic N) is 9. The van der Waals surface area contributed by atoms with Crippen LogP contribution >= 0.6 is 0 Å². The van der Waals surface area contributed by atoms with Crippen molar-refractivity contribution in [3.63, 3.8) is 0 Å². The fourth-order valence-electron chi connectivity index (χ4n) is 9.73. The third kappa shape index (κ3) is 8.07. The van der Waals surface area contributed by atoms with E-state index in [1.54, 1.807) is 13.2 Å². The zero-order chi connectivity index (χ0) is 41.5. The van der Waals surface area contributed by atoms with Crippen LogP contribution in [0.4, 0.5) is 23.0 Å². The van der Waals surface area contributed by atoms with E-state index in [-0.39, 0.29) is 35.7 Å². The lowest BCUT2D eigenvalue weighted by Gasteiger charge is -2.44. The van der Waals surface area contributed by atoms with Crippen LogP contribution in [-0.4, -0.2) is 122 Å². The molecule has 17 heteroatoms. The highest BCUT2D eigenvalue weighted by molar-refractivity contribution is 5.96. The van der Waals surface area contributed by atoms with Crippen molar-refractivity contribution in [2.75, 3.05) is 67.5 Å². The number of primary amides is 1. The molecule has 5 fully saturated rings. The molecule has 5 saturated heterocycles. The lowest BCUT2D eigenvalue weighted by molar-refractivity contribution is -0.130. The van der Waals surface area contributed by atoms with Gasteiger partial charge in [0.05, 0.1) is 6.20 Å². The molecular weight excluding hydrogens is 765 g/mol. The summed E-state index contributed by atoms with van der Waals surface area (Å²) in [6.07, 6.45) is 6.70. The number of amides is 3. The van der Waals surface area contributed by atoms with E-state index >= 15 is 0 Å². The van der Waals surface area contributed by atoms with Crippen molar-refractivity contribution in [2.24, 2.45) is 18.7 Å². The van der Waals surface area contributed by atoms with Crippen molar-refractivity contribution >= 4 is 40.7 Å². The Morgan fingerprint density at radius 2 is 1.67 bits per heavy atom. The second-order valence-electron chi connectivity index (χ2n) is 17.1. The molecule has 3 amide bonds. The van der Waals surface area contributed by atoms with E-state index in [1.807, 2.05) is 29.2 Å². The SMILES string of the molecule is Cn1c(-c2ccc(N3CC(CN4CCC(c5ccc(Nc6nc(N7CCC[C@H](N8CCCC8=O)C7)cnc6C(N)=O)cc5)CC4)C3)cc2)nn(C2CCC(=O)NC2O)c1=O. The van der Waals surface area contributed by atoms with Gasteiger partial charge in [0.25, 0.3) is 5.91 Å². The van der Waals surface area contributed by atoms with Crippen LogP contribution in [-0.2, 0) is 16.6 Å². The molecule has 2 aromatic heterocycles. The van der Waals surface area contributed by atoms with Crippen LogP contribution in [0.5, 0.6) is 0 Å². The van der Waals surface area contributed by atoms with Gasteiger partial charge in [-0.15, -0.1) is 5.10 Å². The highest BCUT2D eigenvalue weighted by Crippen LogP contribution is 2.33. The van der Waals surface area contributed by atoms with Crippen LogP contribution < -0.4 is 31.9 Å². The Bertz CT molecular complexity index is 2280. The van der Waals surface area contributed by atoms with Gasteiger partial charge in [0.1, 0.15) is 18.1 Å². The van der Waals surface area contributed by atoms with Gasteiger partial charge in [-0.05, 0) is 99.5 Å². The number of aliphatic hydroxyl groups is 1. The normalized spacial score (nSPS) is 23.2. The Morgan fingerprint density at radius 1 is 0.900 bits per heavy atom. The maximum atomic E-state index is 13.0. The molecule has 5 aliphatic heterocycles. The lowest BCUT2D eigenvalue weighted by atomic mass is 9.88. The summed E-state index contributed by atoms with van der Waals surface area (Å²) in [5.74, 6) is 1.95. The van der Waals surface area contributed by atoms with Gasteiger partial charge in [-0.2, -0.15) is 0 Å². The first-order valence-electron chi connectivity index (χ1n) is 21.4. The summed E-state index contributed by atoms with van der Waals surface area (Å²) in [4.78, 5) is 67.8. The van der Waals surface area contributed by atoms with Gasteiger partial charge >= 0.3 is 5.69 Å². The average molecular weight is 819 g/mol. The minimum atomic E-state index is -1.15. The van der Waals surface area contributed by atoms with Crippen molar-refractivity contribution in [3.8, 4) is 11.4 Å². The summed E-state index contributed by atoms with van der Waals surface area (Å²) in [6, 6.07) is 16.1. The number of nitrogens with one attached hydrogen (secondary N) is 2. The summed E-state index contributed by atoms with van der Waals surface area (Å²) in [5.41, 5.74) is 9.54. The number of aliphatic hydroxyl groups excluding tert-OH is 1. The predicted octanol–water partition coefficient (Wildman–Crippen LogP) is 2.56. The Balaban J connectivity index is 0.749. The molecule has 0 aliphatic carbocycles. The molecule has 7 heterocycles. The van der Waals surface area contributed by atoms with Gasteiger partial charge in [-0.3, -0.25) is 19.0 Å². The Kier molecular flexibility index (Phi) is 11.0. The van der Waals surface area contributed by atoms with Crippen LogP contribution in [0.1, 0.15) is 79.4 Å². The third-order valence-corrected chi connectivity index (χ3v) is 13.1. The average Bonchev–Trinajstić information content (AvgIpc) is 3.81. The van der Waals surface area contributed by atoms with Gasteiger partial charge in [-0.25, -0.2) is 19.4 Å². The summed E-state index contributed by atoms with van der Waals surface area (Å²) in [5, 5.41) is 20.7.